The van der Waals surface area contributed by atoms with Crippen molar-refractivity contribution in [3.05, 3.63) is 24.7 Å². The van der Waals surface area contributed by atoms with Crippen LogP contribution in [0.5, 0.6) is 0 Å². The predicted molar refractivity (Wildman–Crippen MR) is 68.7 cm³/mol. The summed E-state index contributed by atoms with van der Waals surface area (Å²) in [5.74, 6) is 0.655. The molecule has 0 radical (unpaired) electrons. The zero-order valence-corrected chi connectivity index (χ0v) is 11.0. The average Bonchev–Trinajstić information content (AvgIpc) is 2.78. The van der Waals surface area contributed by atoms with Gasteiger partial charge in [0.1, 0.15) is 0 Å². The number of hydrogen-bond acceptors (Lipinski definition) is 4. The van der Waals surface area contributed by atoms with E-state index in [-0.39, 0.29) is 11.2 Å². The number of nitrogens with zero attached hydrogens (tertiary/aromatic N) is 3. The Bertz CT molecular complexity index is 545. The van der Waals surface area contributed by atoms with E-state index in [4.69, 9.17) is 9.31 Å². The summed E-state index contributed by atoms with van der Waals surface area (Å²) in [6, 6.07) is 1.86. The van der Waals surface area contributed by atoms with Crippen LogP contribution in [0.2, 0.25) is 0 Å². The summed E-state index contributed by atoms with van der Waals surface area (Å²) >= 11 is 0. The molecule has 0 N–H and O–H groups in total. The van der Waals surface area contributed by atoms with E-state index >= 15 is 0 Å². The molecule has 1 fully saturated rings. The molecule has 3 heterocycles. The molecular formula is C12H16BN3O2. The van der Waals surface area contributed by atoms with Crippen molar-refractivity contribution in [2.75, 3.05) is 0 Å². The van der Waals surface area contributed by atoms with E-state index in [1.54, 1.807) is 6.20 Å². The second-order valence-electron chi connectivity index (χ2n) is 5.58. The van der Waals surface area contributed by atoms with Crippen LogP contribution < -0.4 is 5.59 Å². The third-order valence-corrected chi connectivity index (χ3v) is 3.75. The Labute approximate surface area is 106 Å². The summed E-state index contributed by atoms with van der Waals surface area (Å²) in [7, 11) is -0.434. The number of fused-ring (bicyclic) bond motifs is 1. The first-order valence-corrected chi connectivity index (χ1v) is 6.04. The fourth-order valence-corrected chi connectivity index (χ4v) is 1.93. The molecule has 0 aromatic carbocycles. The van der Waals surface area contributed by atoms with Crippen molar-refractivity contribution < 1.29 is 9.31 Å². The van der Waals surface area contributed by atoms with Gasteiger partial charge in [0, 0.05) is 18.6 Å². The molecule has 5 nitrogen and oxygen atoms in total. The SMILES string of the molecule is CC1(C)OB(c2cn3cccnc3n2)OC1(C)C. The predicted octanol–water partition coefficient (Wildman–Crippen LogP) is 1.03. The Balaban J connectivity index is 1.97. The highest BCUT2D eigenvalue weighted by atomic mass is 16.7. The summed E-state index contributed by atoms with van der Waals surface area (Å²) in [6.45, 7) is 8.12. The molecule has 1 aliphatic heterocycles. The van der Waals surface area contributed by atoms with Crippen molar-refractivity contribution in [3.63, 3.8) is 0 Å². The van der Waals surface area contributed by atoms with Gasteiger partial charge in [-0.1, -0.05) is 0 Å². The van der Waals surface area contributed by atoms with Gasteiger partial charge < -0.3 is 9.31 Å². The smallest absolute Gasteiger partial charge is 0.398 e. The maximum Gasteiger partial charge on any atom is 0.516 e. The lowest BCUT2D eigenvalue weighted by atomic mass is 9.86. The highest BCUT2D eigenvalue weighted by molar-refractivity contribution is 6.61. The number of rotatable bonds is 1. The van der Waals surface area contributed by atoms with Gasteiger partial charge in [0.2, 0.25) is 5.78 Å². The Morgan fingerprint density at radius 3 is 2.44 bits per heavy atom. The number of hydrogen-bond donors (Lipinski definition) is 0. The normalized spacial score (nSPS) is 21.7. The first kappa shape index (κ1) is 11.7. The summed E-state index contributed by atoms with van der Waals surface area (Å²) < 4.78 is 13.8. The van der Waals surface area contributed by atoms with Crippen LogP contribution in [0.15, 0.2) is 24.7 Å². The minimum Gasteiger partial charge on any atom is -0.398 e. The highest BCUT2D eigenvalue weighted by Gasteiger charge is 2.52. The van der Waals surface area contributed by atoms with E-state index in [0.29, 0.717) is 5.78 Å². The van der Waals surface area contributed by atoms with Crippen molar-refractivity contribution >= 4 is 18.5 Å². The minimum absolute atomic E-state index is 0.346. The molecule has 2 aromatic heterocycles. The first-order valence-electron chi connectivity index (χ1n) is 6.04. The largest absolute Gasteiger partial charge is 0.516 e. The Morgan fingerprint density at radius 2 is 1.83 bits per heavy atom. The highest BCUT2D eigenvalue weighted by Crippen LogP contribution is 2.36. The van der Waals surface area contributed by atoms with E-state index in [2.05, 4.69) is 9.97 Å². The maximum atomic E-state index is 5.95. The molecule has 0 saturated carbocycles. The van der Waals surface area contributed by atoms with Crippen LogP contribution in [0.1, 0.15) is 27.7 Å². The molecule has 0 spiro atoms. The van der Waals surface area contributed by atoms with Crippen molar-refractivity contribution in [2.24, 2.45) is 0 Å². The van der Waals surface area contributed by atoms with Crippen LogP contribution in [0.25, 0.3) is 5.78 Å². The average molecular weight is 245 g/mol. The van der Waals surface area contributed by atoms with E-state index < -0.39 is 7.12 Å². The summed E-state index contributed by atoms with van der Waals surface area (Å²) in [5.41, 5.74) is 0.0641. The lowest BCUT2D eigenvalue weighted by molar-refractivity contribution is 0.00578. The number of aromatic nitrogens is 3. The van der Waals surface area contributed by atoms with Crippen molar-refractivity contribution in [2.45, 2.75) is 38.9 Å². The molecule has 0 atom stereocenters. The van der Waals surface area contributed by atoms with Gasteiger partial charge in [-0.3, -0.25) is 4.40 Å². The molecule has 3 rings (SSSR count). The zero-order valence-electron chi connectivity index (χ0n) is 11.0. The van der Waals surface area contributed by atoms with Gasteiger partial charge in [0.15, 0.2) is 0 Å². The molecule has 0 aliphatic carbocycles. The molecule has 1 aliphatic rings. The molecule has 0 unspecified atom stereocenters. The standard InChI is InChI=1S/C12H16BN3O2/c1-11(2)12(3,4)18-13(17-11)9-8-16-7-5-6-14-10(16)15-9/h5-8H,1-4H3. The van der Waals surface area contributed by atoms with Crippen molar-refractivity contribution in [1.29, 1.82) is 0 Å². The van der Waals surface area contributed by atoms with Gasteiger partial charge in [0.25, 0.3) is 0 Å². The maximum absolute atomic E-state index is 5.95. The quantitative estimate of drug-likeness (QED) is 0.704. The lowest BCUT2D eigenvalue weighted by Gasteiger charge is -2.32. The van der Waals surface area contributed by atoms with Crippen LogP contribution in [0.4, 0.5) is 0 Å². The summed E-state index contributed by atoms with van der Waals surface area (Å²) in [4.78, 5) is 8.61. The molecule has 0 bridgehead atoms. The van der Waals surface area contributed by atoms with E-state index in [9.17, 15) is 0 Å². The van der Waals surface area contributed by atoms with Gasteiger partial charge in [-0.2, -0.15) is 0 Å². The topological polar surface area (TPSA) is 48.7 Å². The van der Waals surface area contributed by atoms with Crippen LogP contribution in [-0.4, -0.2) is 32.7 Å². The molecule has 0 amide bonds. The summed E-state index contributed by atoms with van der Waals surface area (Å²) in [6.07, 6.45) is 5.52. The van der Waals surface area contributed by atoms with Crippen molar-refractivity contribution in [3.8, 4) is 0 Å². The van der Waals surface area contributed by atoms with Gasteiger partial charge in [-0.05, 0) is 33.8 Å². The van der Waals surface area contributed by atoms with Gasteiger partial charge in [-0.25, -0.2) is 9.97 Å². The lowest BCUT2D eigenvalue weighted by Crippen LogP contribution is -2.41. The monoisotopic (exact) mass is 245 g/mol. The second-order valence-corrected chi connectivity index (χ2v) is 5.58. The van der Waals surface area contributed by atoms with Gasteiger partial charge in [-0.15, -0.1) is 0 Å². The Kier molecular flexibility index (Phi) is 2.31. The molecular weight excluding hydrogens is 229 g/mol. The van der Waals surface area contributed by atoms with Gasteiger partial charge >= 0.3 is 7.12 Å². The zero-order chi connectivity index (χ0) is 13.0. The fraction of sp³-hybridized carbons (Fsp3) is 0.500. The number of imidazole rings is 1. The molecule has 6 heteroatoms. The first-order chi connectivity index (χ1) is 8.39. The van der Waals surface area contributed by atoms with Crippen LogP contribution in [-0.2, 0) is 9.31 Å². The van der Waals surface area contributed by atoms with E-state index in [0.717, 1.165) is 5.59 Å². The van der Waals surface area contributed by atoms with E-state index in [1.807, 2.05) is 50.6 Å². The van der Waals surface area contributed by atoms with Gasteiger partial charge in [0.05, 0.1) is 16.8 Å². The molecule has 1 saturated heterocycles. The minimum atomic E-state index is -0.434. The third kappa shape index (κ3) is 1.64. The Morgan fingerprint density at radius 1 is 1.17 bits per heavy atom. The molecule has 18 heavy (non-hydrogen) atoms. The fourth-order valence-electron chi connectivity index (χ4n) is 1.93. The summed E-state index contributed by atoms with van der Waals surface area (Å²) in [5, 5.41) is 0. The van der Waals surface area contributed by atoms with Crippen LogP contribution in [0, 0.1) is 0 Å². The van der Waals surface area contributed by atoms with Crippen LogP contribution >= 0.6 is 0 Å². The van der Waals surface area contributed by atoms with Crippen LogP contribution in [0.3, 0.4) is 0 Å². The Hall–Kier alpha value is -1.40. The van der Waals surface area contributed by atoms with Crippen molar-refractivity contribution in [1.82, 2.24) is 14.4 Å². The molecule has 94 valence electrons. The van der Waals surface area contributed by atoms with E-state index in [1.165, 1.54) is 0 Å². The molecule has 2 aromatic rings. The third-order valence-electron chi connectivity index (χ3n) is 3.75. The second kappa shape index (κ2) is 3.55.